The van der Waals surface area contributed by atoms with Crippen LogP contribution in [-0.2, 0) is 24.5 Å². The summed E-state index contributed by atoms with van der Waals surface area (Å²) in [5.74, 6) is -0.684. The first-order valence-electron chi connectivity index (χ1n) is 6.46. The molecule has 0 spiro atoms. The van der Waals surface area contributed by atoms with Gasteiger partial charge in [0.1, 0.15) is 0 Å². The Kier molecular flexibility index (Phi) is 4.77. The molecule has 0 N–H and O–H groups in total. The topological polar surface area (TPSA) is 76.2 Å². The standard InChI is InChI=1S/C11H20N2O5S/c1-17-11(14)10-3-2-4-13(9-10)19(15,16)12-5-7-18-8-6-12/h10H,2-9H2,1H3. The maximum absolute atomic E-state index is 12.4. The number of nitrogens with zero attached hydrogens (tertiary/aromatic N) is 2. The Bertz CT molecular complexity index is 419. The van der Waals surface area contributed by atoms with E-state index in [2.05, 4.69) is 0 Å². The van der Waals surface area contributed by atoms with Gasteiger partial charge in [-0.15, -0.1) is 0 Å². The Morgan fingerprint density at radius 3 is 2.53 bits per heavy atom. The lowest BCUT2D eigenvalue weighted by Crippen LogP contribution is -2.52. The second kappa shape index (κ2) is 6.17. The minimum atomic E-state index is -3.48. The number of hydrogen-bond donors (Lipinski definition) is 0. The number of morpholine rings is 1. The highest BCUT2D eigenvalue weighted by atomic mass is 32.2. The highest BCUT2D eigenvalue weighted by Crippen LogP contribution is 2.22. The van der Waals surface area contributed by atoms with Gasteiger partial charge in [0, 0.05) is 26.2 Å². The first-order chi connectivity index (χ1) is 9.05. The van der Waals surface area contributed by atoms with Crippen molar-refractivity contribution in [3.05, 3.63) is 0 Å². The molecule has 2 fully saturated rings. The van der Waals surface area contributed by atoms with Crippen LogP contribution in [0, 0.1) is 5.92 Å². The number of piperidine rings is 1. The van der Waals surface area contributed by atoms with E-state index in [4.69, 9.17) is 9.47 Å². The van der Waals surface area contributed by atoms with Crippen molar-refractivity contribution < 1.29 is 22.7 Å². The fourth-order valence-electron chi connectivity index (χ4n) is 2.45. The van der Waals surface area contributed by atoms with E-state index in [1.165, 1.54) is 15.7 Å². The molecule has 0 radical (unpaired) electrons. The second-order valence-electron chi connectivity index (χ2n) is 4.74. The smallest absolute Gasteiger partial charge is 0.309 e. The highest BCUT2D eigenvalue weighted by Gasteiger charge is 2.36. The number of carbonyl (C=O) groups excluding carboxylic acids is 1. The van der Waals surface area contributed by atoms with E-state index in [-0.39, 0.29) is 18.4 Å². The van der Waals surface area contributed by atoms with Crippen molar-refractivity contribution in [2.45, 2.75) is 12.8 Å². The van der Waals surface area contributed by atoms with Crippen LogP contribution in [0.3, 0.4) is 0 Å². The van der Waals surface area contributed by atoms with Gasteiger partial charge in [0.05, 0.1) is 26.2 Å². The number of ether oxygens (including phenoxy) is 2. The van der Waals surface area contributed by atoms with Gasteiger partial charge in [0.2, 0.25) is 0 Å². The van der Waals surface area contributed by atoms with Crippen LogP contribution in [0.1, 0.15) is 12.8 Å². The summed E-state index contributed by atoms with van der Waals surface area (Å²) in [6.07, 6.45) is 1.37. The molecular weight excluding hydrogens is 272 g/mol. The summed E-state index contributed by atoms with van der Waals surface area (Å²) < 4.78 is 37.6. The largest absolute Gasteiger partial charge is 0.469 e. The summed E-state index contributed by atoms with van der Waals surface area (Å²) in [6.45, 7) is 2.28. The highest BCUT2D eigenvalue weighted by molar-refractivity contribution is 7.86. The lowest BCUT2D eigenvalue weighted by atomic mass is 10.0. The van der Waals surface area contributed by atoms with Crippen LogP contribution in [0.2, 0.25) is 0 Å². The van der Waals surface area contributed by atoms with Crippen molar-refractivity contribution in [2.75, 3.05) is 46.5 Å². The van der Waals surface area contributed by atoms with E-state index >= 15 is 0 Å². The van der Waals surface area contributed by atoms with E-state index in [9.17, 15) is 13.2 Å². The number of carbonyl (C=O) groups is 1. The maximum Gasteiger partial charge on any atom is 0.309 e. The third-order valence-corrected chi connectivity index (χ3v) is 5.54. The Morgan fingerprint density at radius 1 is 1.21 bits per heavy atom. The summed E-state index contributed by atoms with van der Waals surface area (Å²) in [4.78, 5) is 11.5. The lowest BCUT2D eigenvalue weighted by molar-refractivity contribution is -0.146. The molecule has 7 nitrogen and oxygen atoms in total. The van der Waals surface area contributed by atoms with Gasteiger partial charge in [-0.25, -0.2) is 0 Å². The number of rotatable bonds is 3. The average Bonchev–Trinajstić information content (AvgIpc) is 2.47. The summed E-state index contributed by atoms with van der Waals surface area (Å²) in [7, 11) is -2.15. The molecule has 1 unspecified atom stereocenters. The predicted octanol–water partition coefficient (Wildman–Crippen LogP) is -0.552. The summed E-state index contributed by atoms with van der Waals surface area (Å²) in [5.41, 5.74) is 0. The Morgan fingerprint density at radius 2 is 1.89 bits per heavy atom. The second-order valence-corrected chi connectivity index (χ2v) is 6.67. The Hall–Kier alpha value is -0.700. The fourth-order valence-corrected chi connectivity index (χ4v) is 4.12. The van der Waals surface area contributed by atoms with Crippen LogP contribution in [0.15, 0.2) is 0 Å². The average molecular weight is 292 g/mol. The van der Waals surface area contributed by atoms with Crippen molar-refractivity contribution in [1.29, 1.82) is 0 Å². The normalized spacial score (nSPS) is 27.1. The lowest BCUT2D eigenvalue weighted by Gasteiger charge is -2.35. The molecule has 0 aromatic rings. The van der Waals surface area contributed by atoms with Crippen LogP contribution in [0.4, 0.5) is 0 Å². The van der Waals surface area contributed by atoms with Gasteiger partial charge < -0.3 is 9.47 Å². The molecule has 2 aliphatic rings. The van der Waals surface area contributed by atoms with Gasteiger partial charge in [0.25, 0.3) is 10.2 Å². The summed E-state index contributed by atoms with van der Waals surface area (Å²) >= 11 is 0. The quantitative estimate of drug-likeness (QED) is 0.652. The van der Waals surface area contributed by atoms with Crippen LogP contribution in [0.25, 0.3) is 0 Å². The molecule has 1 atom stereocenters. The maximum atomic E-state index is 12.4. The predicted molar refractivity (Wildman–Crippen MR) is 67.6 cm³/mol. The van der Waals surface area contributed by atoms with E-state index in [0.717, 1.165) is 0 Å². The van der Waals surface area contributed by atoms with Gasteiger partial charge in [-0.1, -0.05) is 0 Å². The molecule has 0 amide bonds. The molecule has 2 saturated heterocycles. The van der Waals surface area contributed by atoms with E-state index in [1.54, 1.807) is 0 Å². The minimum Gasteiger partial charge on any atom is -0.469 e. The van der Waals surface area contributed by atoms with Gasteiger partial charge in [-0.3, -0.25) is 4.79 Å². The molecule has 0 aromatic heterocycles. The van der Waals surface area contributed by atoms with Crippen molar-refractivity contribution in [1.82, 2.24) is 8.61 Å². The van der Waals surface area contributed by atoms with Crippen molar-refractivity contribution in [2.24, 2.45) is 5.92 Å². The van der Waals surface area contributed by atoms with Crippen LogP contribution in [-0.4, -0.2) is 69.5 Å². The molecule has 8 heteroatoms. The van der Waals surface area contributed by atoms with Gasteiger partial charge in [-0.2, -0.15) is 17.0 Å². The van der Waals surface area contributed by atoms with Crippen LogP contribution >= 0.6 is 0 Å². The molecule has 0 saturated carbocycles. The minimum absolute atomic E-state index is 0.215. The van der Waals surface area contributed by atoms with E-state index in [1.807, 2.05) is 0 Å². The van der Waals surface area contributed by atoms with Gasteiger partial charge in [0.15, 0.2) is 0 Å². The van der Waals surface area contributed by atoms with Crippen LogP contribution < -0.4 is 0 Å². The fraction of sp³-hybridized carbons (Fsp3) is 0.909. The Labute approximate surface area is 113 Å². The van der Waals surface area contributed by atoms with Gasteiger partial charge in [-0.05, 0) is 12.8 Å². The summed E-state index contributed by atoms with van der Waals surface area (Å²) in [5, 5.41) is 0. The Balaban J connectivity index is 2.05. The van der Waals surface area contributed by atoms with E-state index in [0.29, 0.717) is 45.7 Å². The van der Waals surface area contributed by atoms with Crippen molar-refractivity contribution >= 4 is 16.2 Å². The molecule has 0 bridgehead atoms. The number of hydrogen-bond acceptors (Lipinski definition) is 5. The van der Waals surface area contributed by atoms with Crippen LogP contribution in [0.5, 0.6) is 0 Å². The molecule has 2 aliphatic heterocycles. The first kappa shape index (κ1) is 14.7. The third kappa shape index (κ3) is 3.25. The number of esters is 1. The molecule has 2 rings (SSSR count). The zero-order chi connectivity index (χ0) is 13.9. The molecular formula is C11H20N2O5S. The molecule has 2 heterocycles. The molecule has 0 aromatic carbocycles. The number of methoxy groups -OCH3 is 1. The molecule has 0 aliphatic carbocycles. The van der Waals surface area contributed by atoms with Gasteiger partial charge >= 0.3 is 5.97 Å². The van der Waals surface area contributed by atoms with Crippen molar-refractivity contribution in [3.8, 4) is 0 Å². The third-order valence-electron chi connectivity index (χ3n) is 3.54. The zero-order valence-corrected chi connectivity index (χ0v) is 11.9. The first-order valence-corrected chi connectivity index (χ1v) is 7.86. The van der Waals surface area contributed by atoms with Crippen molar-refractivity contribution in [3.63, 3.8) is 0 Å². The zero-order valence-electron chi connectivity index (χ0n) is 11.1. The summed E-state index contributed by atoms with van der Waals surface area (Å²) in [6, 6.07) is 0. The molecule has 19 heavy (non-hydrogen) atoms. The SMILES string of the molecule is COC(=O)C1CCCN(S(=O)(=O)N2CCOCC2)C1. The van der Waals surface area contributed by atoms with E-state index < -0.39 is 10.2 Å². The monoisotopic (exact) mass is 292 g/mol. The molecule has 110 valence electrons.